The van der Waals surface area contributed by atoms with Crippen molar-refractivity contribution in [3.63, 3.8) is 0 Å². The van der Waals surface area contributed by atoms with E-state index in [1.807, 2.05) is 26.0 Å². The number of hydrogen-bond acceptors (Lipinski definition) is 4. The topological polar surface area (TPSA) is 70.2 Å². The van der Waals surface area contributed by atoms with Crippen LogP contribution in [0.2, 0.25) is 0 Å². The average molecular weight is 247 g/mol. The molecule has 0 unspecified atom stereocenters. The van der Waals surface area contributed by atoms with Crippen molar-refractivity contribution in [2.75, 3.05) is 12.4 Å². The Morgan fingerprint density at radius 2 is 2.17 bits per heavy atom. The van der Waals surface area contributed by atoms with E-state index in [1.165, 1.54) is 7.11 Å². The zero-order valence-corrected chi connectivity index (χ0v) is 10.7. The molecule has 0 atom stereocenters. The zero-order chi connectivity index (χ0) is 13.1. The van der Waals surface area contributed by atoms with Crippen molar-refractivity contribution < 1.29 is 9.84 Å². The van der Waals surface area contributed by atoms with Crippen LogP contribution < -0.4 is 10.1 Å². The van der Waals surface area contributed by atoms with Gasteiger partial charge >= 0.3 is 0 Å². The number of benzene rings is 1. The van der Waals surface area contributed by atoms with E-state index in [4.69, 9.17) is 4.74 Å². The van der Waals surface area contributed by atoms with E-state index in [0.717, 1.165) is 22.6 Å². The maximum Gasteiger partial charge on any atom is 0.162 e. The molecule has 3 N–H and O–H groups in total. The molecule has 2 aromatic rings. The summed E-state index contributed by atoms with van der Waals surface area (Å²) in [4.78, 5) is 0. The maximum absolute atomic E-state index is 9.97. The number of aromatic nitrogens is 2. The highest BCUT2D eigenvalue weighted by molar-refractivity contribution is 5.53. The van der Waals surface area contributed by atoms with Gasteiger partial charge in [0.2, 0.25) is 0 Å². The minimum Gasteiger partial charge on any atom is -0.504 e. The van der Waals surface area contributed by atoms with Gasteiger partial charge in [-0.3, -0.25) is 5.10 Å². The van der Waals surface area contributed by atoms with Crippen LogP contribution in [0.3, 0.4) is 0 Å². The second-order valence-electron chi connectivity index (χ2n) is 4.13. The number of aromatic hydroxyl groups is 1. The minimum absolute atomic E-state index is 0.173. The van der Waals surface area contributed by atoms with E-state index in [9.17, 15) is 5.11 Å². The molecule has 0 spiro atoms. The first-order chi connectivity index (χ1) is 8.63. The maximum atomic E-state index is 9.97. The first-order valence-electron chi connectivity index (χ1n) is 5.73. The van der Waals surface area contributed by atoms with E-state index in [0.29, 0.717) is 12.3 Å². The Bertz CT molecular complexity index is 530. The number of aryl methyl sites for hydroxylation is 2. The molecule has 2 rings (SSSR count). The molecule has 1 aromatic heterocycles. The number of methoxy groups -OCH3 is 1. The smallest absolute Gasteiger partial charge is 0.162 e. The number of H-pyrrole nitrogens is 1. The van der Waals surface area contributed by atoms with E-state index in [2.05, 4.69) is 15.5 Å². The normalized spacial score (nSPS) is 10.4. The van der Waals surface area contributed by atoms with Crippen LogP contribution in [0, 0.1) is 13.8 Å². The number of para-hydroxylation sites is 1. The molecule has 0 saturated carbocycles. The van der Waals surface area contributed by atoms with Gasteiger partial charge in [0.15, 0.2) is 11.5 Å². The molecular formula is C13H17N3O2. The molecule has 1 aromatic carbocycles. The van der Waals surface area contributed by atoms with Crippen molar-refractivity contribution in [1.82, 2.24) is 10.2 Å². The highest BCUT2D eigenvalue weighted by Gasteiger charge is 2.09. The third-order valence-corrected chi connectivity index (χ3v) is 2.89. The van der Waals surface area contributed by atoms with Gasteiger partial charge in [-0.1, -0.05) is 12.1 Å². The molecule has 5 nitrogen and oxygen atoms in total. The summed E-state index contributed by atoms with van der Waals surface area (Å²) < 4.78 is 5.07. The highest BCUT2D eigenvalue weighted by atomic mass is 16.5. The lowest BCUT2D eigenvalue weighted by molar-refractivity contribution is 0.371. The van der Waals surface area contributed by atoms with Crippen molar-refractivity contribution in [2.45, 2.75) is 20.4 Å². The summed E-state index contributed by atoms with van der Waals surface area (Å²) in [7, 11) is 1.54. The molecule has 1 heterocycles. The summed E-state index contributed by atoms with van der Waals surface area (Å²) in [6.07, 6.45) is 0. The van der Waals surface area contributed by atoms with E-state index in [1.54, 1.807) is 6.07 Å². The number of nitrogens with zero attached hydrogens (tertiary/aromatic N) is 1. The standard InChI is InChI=1S/C13H17N3O2/c1-8-12(9(2)16-15-8)14-7-10-5-4-6-11(18-3)13(10)17/h4-6,14,17H,7H2,1-3H3,(H,15,16). The zero-order valence-electron chi connectivity index (χ0n) is 10.7. The molecule has 18 heavy (non-hydrogen) atoms. The van der Waals surface area contributed by atoms with Gasteiger partial charge in [0, 0.05) is 12.1 Å². The van der Waals surface area contributed by atoms with Crippen molar-refractivity contribution in [2.24, 2.45) is 0 Å². The van der Waals surface area contributed by atoms with Crippen LogP contribution in [0.5, 0.6) is 11.5 Å². The van der Waals surface area contributed by atoms with Gasteiger partial charge < -0.3 is 15.2 Å². The number of nitrogens with one attached hydrogen (secondary N) is 2. The van der Waals surface area contributed by atoms with Crippen LogP contribution in [-0.2, 0) is 6.54 Å². The molecule has 0 fully saturated rings. The summed E-state index contributed by atoms with van der Waals surface area (Å²) in [5, 5.41) is 20.2. The van der Waals surface area contributed by atoms with E-state index in [-0.39, 0.29) is 5.75 Å². The van der Waals surface area contributed by atoms with Crippen LogP contribution >= 0.6 is 0 Å². The van der Waals surface area contributed by atoms with Gasteiger partial charge in [0.25, 0.3) is 0 Å². The first kappa shape index (κ1) is 12.3. The third-order valence-electron chi connectivity index (χ3n) is 2.89. The van der Waals surface area contributed by atoms with Gasteiger partial charge in [-0.05, 0) is 19.9 Å². The second-order valence-corrected chi connectivity index (χ2v) is 4.13. The number of rotatable bonds is 4. The fourth-order valence-corrected chi connectivity index (χ4v) is 1.87. The lowest BCUT2D eigenvalue weighted by atomic mass is 10.1. The number of anilines is 1. The monoisotopic (exact) mass is 247 g/mol. The van der Waals surface area contributed by atoms with Crippen LogP contribution in [0.25, 0.3) is 0 Å². The fraction of sp³-hybridized carbons (Fsp3) is 0.308. The van der Waals surface area contributed by atoms with Crippen molar-refractivity contribution >= 4 is 5.69 Å². The molecule has 0 amide bonds. The summed E-state index contributed by atoms with van der Waals surface area (Å²) in [5.74, 6) is 0.654. The van der Waals surface area contributed by atoms with Crippen LogP contribution in [0.15, 0.2) is 18.2 Å². The Balaban J connectivity index is 2.16. The summed E-state index contributed by atoms with van der Waals surface area (Å²) in [6.45, 7) is 4.40. The number of hydrogen-bond donors (Lipinski definition) is 3. The SMILES string of the molecule is COc1cccc(CNc2c(C)n[nH]c2C)c1O. The molecular weight excluding hydrogens is 230 g/mol. The second kappa shape index (κ2) is 5.00. The van der Waals surface area contributed by atoms with Crippen LogP contribution in [0.1, 0.15) is 17.0 Å². The summed E-state index contributed by atoms with van der Waals surface area (Å²) in [5.41, 5.74) is 3.65. The Hall–Kier alpha value is -2.17. The molecule has 5 heteroatoms. The van der Waals surface area contributed by atoms with Gasteiger partial charge in [-0.2, -0.15) is 5.10 Å². The predicted molar refractivity (Wildman–Crippen MR) is 70.0 cm³/mol. The molecule has 0 bridgehead atoms. The molecule has 0 aliphatic rings. The van der Waals surface area contributed by atoms with Gasteiger partial charge in [-0.15, -0.1) is 0 Å². The van der Waals surface area contributed by atoms with Crippen molar-refractivity contribution in [3.8, 4) is 11.5 Å². The Morgan fingerprint density at radius 1 is 1.39 bits per heavy atom. The van der Waals surface area contributed by atoms with Crippen LogP contribution in [-0.4, -0.2) is 22.4 Å². The Kier molecular flexibility index (Phi) is 3.41. The van der Waals surface area contributed by atoms with Crippen molar-refractivity contribution in [1.29, 1.82) is 0 Å². The number of ether oxygens (including phenoxy) is 1. The largest absolute Gasteiger partial charge is 0.504 e. The lowest BCUT2D eigenvalue weighted by Crippen LogP contribution is -2.02. The fourth-order valence-electron chi connectivity index (χ4n) is 1.87. The third kappa shape index (κ3) is 2.25. The number of aromatic amines is 1. The first-order valence-corrected chi connectivity index (χ1v) is 5.73. The molecule has 96 valence electrons. The van der Waals surface area contributed by atoms with Crippen molar-refractivity contribution in [3.05, 3.63) is 35.2 Å². The Morgan fingerprint density at radius 3 is 2.78 bits per heavy atom. The van der Waals surface area contributed by atoms with Gasteiger partial charge in [-0.25, -0.2) is 0 Å². The summed E-state index contributed by atoms with van der Waals surface area (Å²) in [6, 6.07) is 5.44. The number of phenols is 1. The molecule has 0 radical (unpaired) electrons. The van der Waals surface area contributed by atoms with Gasteiger partial charge in [0.1, 0.15) is 0 Å². The van der Waals surface area contributed by atoms with Gasteiger partial charge in [0.05, 0.1) is 24.2 Å². The minimum atomic E-state index is 0.173. The predicted octanol–water partition coefficient (Wildman–Crippen LogP) is 2.35. The lowest BCUT2D eigenvalue weighted by Gasteiger charge is -2.10. The molecule has 0 saturated heterocycles. The Labute approximate surface area is 106 Å². The highest BCUT2D eigenvalue weighted by Crippen LogP contribution is 2.30. The van der Waals surface area contributed by atoms with Crippen LogP contribution in [0.4, 0.5) is 5.69 Å². The molecule has 0 aliphatic heterocycles. The molecule has 0 aliphatic carbocycles. The number of phenolic OH excluding ortho intramolecular Hbond substituents is 1. The summed E-state index contributed by atoms with van der Waals surface area (Å²) >= 11 is 0. The quantitative estimate of drug-likeness (QED) is 0.775. The van der Waals surface area contributed by atoms with E-state index < -0.39 is 0 Å². The average Bonchev–Trinajstić information content (AvgIpc) is 2.68. The van der Waals surface area contributed by atoms with E-state index >= 15 is 0 Å².